The first-order valence-electron chi connectivity index (χ1n) is 20.5. The quantitative estimate of drug-likeness (QED) is 0.0539. The van der Waals surface area contributed by atoms with Gasteiger partial charge in [-0.15, -0.1) is 0 Å². The highest BCUT2D eigenvalue weighted by molar-refractivity contribution is 5.74. The molecule has 3 amide bonds. The number of rotatable bonds is 20. The van der Waals surface area contributed by atoms with Gasteiger partial charge >= 0.3 is 0 Å². The molecule has 0 bridgehead atoms. The zero-order valence-electron chi connectivity index (χ0n) is 35.3. The summed E-state index contributed by atoms with van der Waals surface area (Å²) in [6.45, 7) is -2.99. The Labute approximate surface area is 369 Å². The second-order valence-corrected chi connectivity index (χ2v) is 15.9. The molecule has 18 N–H and O–H groups in total. The predicted molar refractivity (Wildman–Crippen MR) is 204 cm³/mol. The van der Waals surface area contributed by atoms with Gasteiger partial charge in [0, 0.05) is 20.8 Å². The maximum Gasteiger partial charge on any atom is 0.217 e. The average Bonchev–Trinajstić information content (AvgIpc) is 3.26. The fourth-order valence-electron chi connectivity index (χ4n) is 7.81. The molecule has 4 fully saturated rings. The van der Waals surface area contributed by atoms with Crippen LogP contribution in [0.5, 0.6) is 0 Å². The van der Waals surface area contributed by atoms with Gasteiger partial charge in [-0.2, -0.15) is 0 Å². The fraction of sp³-hybridized carbons (Fsp3) is 0.917. The van der Waals surface area contributed by atoms with Gasteiger partial charge in [0.1, 0.15) is 116 Å². The van der Waals surface area contributed by atoms with E-state index in [1.807, 2.05) is 0 Å². The van der Waals surface area contributed by atoms with Gasteiger partial charge in [0.25, 0.3) is 0 Å². The summed E-state index contributed by atoms with van der Waals surface area (Å²) in [6.07, 6.45) is -41.3. The molecule has 29 nitrogen and oxygen atoms in total. The first-order valence-corrected chi connectivity index (χ1v) is 20.5. The van der Waals surface area contributed by atoms with Gasteiger partial charge in [-0.1, -0.05) is 0 Å². The molecule has 24 atom stereocenters. The molecule has 4 aliphatic heterocycles. The lowest BCUT2D eigenvalue weighted by atomic mass is 9.94. The number of aliphatic hydroxyl groups is 15. The van der Waals surface area contributed by atoms with Crippen LogP contribution in [0.3, 0.4) is 0 Å². The third kappa shape index (κ3) is 13.0. The molecule has 0 spiro atoms. The molecular formula is C36H63N3O26. The molecule has 0 aromatic rings. The van der Waals surface area contributed by atoms with Crippen LogP contribution in [0.2, 0.25) is 0 Å². The standard InChI is InChI=1S/C36H63N3O26/c1-10(46)37-13(4-40)21(50)29(14(49)5-41)62-35-28(57)31(30(18(9-45)61-35)63-33-19(38-11(2)47)25(54)22(51)15(6-42)58-33)64-36-32(27(56)24(53)17(8-44)60-36)65-34-20(39-12(3)48)26(55)23(52)16(7-43)59-34/h13-36,40-45,49-57H,4-9H2,1-3H3,(H,37,46)(H,38,47)(H,39,48)/t13-,14+,15+,16+,17+,18+,19+,20+,21+,22+,23+,24+,25+,26+,27-,28-,29+,30+,31+,32-,33?,34-,35-,36+/m0/s1. The Morgan fingerprint density at radius 1 is 0.492 bits per heavy atom. The smallest absolute Gasteiger partial charge is 0.217 e. The number of amides is 3. The van der Waals surface area contributed by atoms with E-state index in [4.69, 9.17) is 37.9 Å². The Morgan fingerprint density at radius 3 is 1.32 bits per heavy atom. The predicted octanol–water partition coefficient (Wildman–Crippen LogP) is -11.9. The summed E-state index contributed by atoms with van der Waals surface area (Å²) in [7, 11) is 0. The lowest BCUT2D eigenvalue weighted by Gasteiger charge is -2.51. The van der Waals surface area contributed by atoms with Crippen LogP contribution in [0.4, 0.5) is 0 Å². The molecule has 65 heavy (non-hydrogen) atoms. The van der Waals surface area contributed by atoms with Crippen LogP contribution in [0.15, 0.2) is 0 Å². The molecule has 0 saturated carbocycles. The van der Waals surface area contributed by atoms with E-state index >= 15 is 0 Å². The van der Waals surface area contributed by atoms with Crippen molar-refractivity contribution in [3.8, 4) is 0 Å². The second kappa shape index (κ2) is 24.7. The van der Waals surface area contributed by atoms with Crippen molar-refractivity contribution in [1.29, 1.82) is 0 Å². The van der Waals surface area contributed by atoms with E-state index in [-0.39, 0.29) is 0 Å². The molecule has 378 valence electrons. The monoisotopic (exact) mass is 953 g/mol. The Hall–Kier alpha value is -2.51. The Balaban J connectivity index is 1.83. The molecule has 0 aromatic carbocycles. The number of hydrogen-bond acceptors (Lipinski definition) is 26. The third-order valence-corrected chi connectivity index (χ3v) is 11.2. The minimum atomic E-state index is -2.35. The maximum atomic E-state index is 12.3. The van der Waals surface area contributed by atoms with E-state index in [0.717, 1.165) is 20.8 Å². The van der Waals surface area contributed by atoms with Crippen LogP contribution in [0.25, 0.3) is 0 Å². The van der Waals surface area contributed by atoms with Crippen molar-refractivity contribution in [1.82, 2.24) is 16.0 Å². The van der Waals surface area contributed by atoms with Gasteiger partial charge in [-0.25, -0.2) is 0 Å². The lowest BCUT2D eigenvalue weighted by Crippen LogP contribution is -2.70. The van der Waals surface area contributed by atoms with Gasteiger partial charge in [-0.05, 0) is 0 Å². The van der Waals surface area contributed by atoms with Crippen molar-refractivity contribution >= 4 is 17.7 Å². The Kier molecular flexibility index (Phi) is 20.9. The summed E-state index contributed by atoms with van der Waals surface area (Å²) in [5.74, 6) is -2.35. The first-order chi connectivity index (χ1) is 30.7. The number of aliphatic hydroxyl groups excluding tert-OH is 15. The lowest BCUT2D eigenvalue weighted by molar-refractivity contribution is -0.399. The summed E-state index contributed by atoms with van der Waals surface area (Å²) in [5.41, 5.74) is 0. The zero-order valence-corrected chi connectivity index (χ0v) is 35.3. The van der Waals surface area contributed by atoms with Crippen LogP contribution in [-0.4, -0.2) is 281 Å². The van der Waals surface area contributed by atoms with E-state index in [1.54, 1.807) is 0 Å². The van der Waals surface area contributed by atoms with Crippen molar-refractivity contribution < 1.29 is 129 Å². The summed E-state index contributed by atoms with van der Waals surface area (Å²) < 4.78 is 46.9. The van der Waals surface area contributed by atoms with Crippen LogP contribution in [-0.2, 0) is 52.3 Å². The first kappa shape index (κ1) is 55.1. The minimum Gasteiger partial charge on any atom is -0.394 e. The van der Waals surface area contributed by atoms with Gasteiger partial charge in [0.2, 0.25) is 17.7 Å². The summed E-state index contributed by atoms with van der Waals surface area (Å²) in [5, 5.41) is 167. The van der Waals surface area contributed by atoms with Crippen molar-refractivity contribution in [2.45, 2.75) is 168 Å². The van der Waals surface area contributed by atoms with E-state index in [2.05, 4.69) is 16.0 Å². The van der Waals surface area contributed by atoms with Gasteiger partial charge < -0.3 is 130 Å². The number of ether oxygens (including phenoxy) is 8. The number of carbonyl (C=O) groups excluding carboxylic acids is 3. The van der Waals surface area contributed by atoms with Crippen LogP contribution in [0, 0.1) is 0 Å². The van der Waals surface area contributed by atoms with Crippen LogP contribution >= 0.6 is 0 Å². The van der Waals surface area contributed by atoms with Crippen molar-refractivity contribution in [3.63, 3.8) is 0 Å². The molecule has 1 unspecified atom stereocenters. The molecule has 4 rings (SSSR count). The topological polar surface area (TPSA) is 465 Å². The largest absolute Gasteiger partial charge is 0.394 e. The normalized spacial score (nSPS) is 42.0. The SMILES string of the molecule is CC(=O)N[C@H]1[C@H](O[C@@H]2[C@@H](O[C@@H]3[C@H](O)[C@H](O[C@@H]([C@H](O)[C@H](CO)NC(C)=O)[C@H](O)CO)O[C@H](CO)[C@H]3OC3O[C@H](CO)[C@@H](O)[C@H](O)[C@H]3NC(C)=O)O[C@H](CO)[C@@H](O)[C@@H]2O)O[C@H](CO)[C@@H](O)[C@@H]1O. The van der Waals surface area contributed by atoms with Crippen LogP contribution in [0.1, 0.15) is 20.8 Å². The third-order valence-electron chi connectivity index (χ3n) is 11.2. The summed E-state index contributed by atoms with van der Waals surface area (Å²) >= 11 is 0. The molecule has 4 heterocycles. The molecule has 29 heteroatoms. The van der Waals surface area contributed by atoms with Crippen molar-refractivity contribution in [3.05, 3.63) is 0 Å². The van der Waals surface area contributed by atoms with Crippen LogP contribution < -0.4 is 16.0 Å². The fourth-order valence-corrected chi connectivity index (χ4v) is 7.81. The average molecular weight is 954 g/mol. The highest BCUT2D eigenvalue weighted by atomic mass is 16.8. The molecular weight excluding hydrogens is 890 g/mol. The Morgan fingerprint density at radius 2 is 0.908 bits per heavy atom. The van der Waals surface area contributed by atoms with Crippen molar-refractivity contribution in [2.75, 3.05) is 39.6 Å². The number of carbonyl (C=O) groups is 3. The molecule has 0 aromatic heterocycles. The zero-order chi connectivity index (χ0) is 48.6. The van der Waals surface area contributed by atoms with E-state index < -0.39 is 204 Å². The van der Waals surface area contributed by atoms with Gasteiger partial charge in [0.05, 0.1) is 45.7 Å². The van der Waals surface area contributed by atoms with E-state index in [0.29, 0.717) is 0 Å². The minimum absolute atomic E-state index is 0.760. The van der Waals surface area contributed by atoms with Gasteiger partial charge in [0.15, 0.2) is 25.2 Å². The second-order valence-electron chi connectivity index (χ2n) is 15.9. The molecule has 0 aliphatic carbocycles. The maximum absolute atomic E-state index is 12.3. The van der Waals surface area contributed by atoms with E-state index in [9.17, 15) is 91.0 Å². The highest BCUT2D eigenvalue weighted by Gasteiger charge is 2.57. The molecule has 4 aliphatic rings. The number of nitrogens with one attached hydrogen (secondary N) is 3. The van der Waals surface area contributed by atoms with Crippen molar-refractivity contribution in [2.24, 2.45) is 0 Å². The molecule has 0 radical (unpaired) electrons. The highest BCUT2D eigenvalue weighted by Crippen LogP contribution is 2.36. The summed E-state index contributed by atoms with van der Waals surface area (Å²) in [6, 6.07) is -4.91. The van der Waals surface area contributed by atoms with E-state index in [1.165, 1.54) is 0 Å². The summed E-state index contributed by atoms with van der Waals surface area (Å²) in [4.78, 5) is 36.3. The number of hydrogen-bond donors (Lipinski definition) is 18. The Bertz CT molecular complexity index is 1510. The van der Waals surface area contributed by atoms with Gasteiger partial charge in [-0.3, -0.25) is 14.4 Å². The molecule has 4 saturated heterocycles.